The van der Waals surface area contributed by atoms with Crippen LogP contribution in [-0.2, 0) is 35.5 Å². The van der Waals surface area contributed by atoms with Crippen molar-refractivity contribution < 1.29 is 23.4 Å². The highest BCUT2D eigenvalue weighted by atomic mass is 35.5. The Labute approximate surface area is 247 Å². The van der Waals surface area contributed by atoms with Crippen LogP contribution in [0.1, 0.15) is 23.2 Å². The number of aromatic nitrogens is 5. The van der Waals surface area contributed by atoms with Gasteiger partial charge in [0.15, 0.2) is 33.5 Å². The molecule has 42 heavy (non-hydrogen) atoms. The van der Waals surface area contributed by atoms with Crippen molar-refractivity contribution in [1.29, 1.82) is 0 Å². The Morgan fingerprint density at radius 3 is 2.60 bits per heavy atom. The lowest BCUT2D eigenvalue weighted by atomic mass is 10.3. The van der Waals surface area contributed by atoms with Crippen molar-refractivity contribution >= 4 is 47.3 Å². The van der Waals surface area contributed by atoms with Crippen LogP contribution >= 0.6 is 18.7 Å². The maximum atomic E-state index is 13.0. The van der Waals surface area contributed by atoms with E-state index in [1.54, 1.807) is 36.2 Å². The van der Waals surface area contributed by atoms with E-state index in [1.165, 1.54) is 6.07 Å². The summed E-state index contributed by atoms with van der Waals surface area (Å²) in [6, 6.07) is 10.6. The van der Waals surface area contributed by atoms with Crippen LogP contribution in [0.15, 0.2) is 47.4 Å². The van der Waals surface area contributed by atoms with Crippen molar-refractivity contribution in [1.82, 2.24) is 24.4 Å². The molecule has 0 aliphatic heterocycles. The number of nitrogen functional groups attached to an aromatic ring is 2. The molecule has 0 spiro atoms. The van der Waals surface area contributed by atoms with Gasteiger partial charge in [-0.25, -0.2) is 19.1 Å². The van der Waals surface area contributed by atoms with E-state index < -0.39 is 13.0 Å². The fraction of sp³-hybridized carbons (Fsp3) is 0.370. The molecule has 0 saturated heterocycles. The van der Waals surface area contributed by atoms with Crippen LogP contribution in [0.2, 0.25) is 5.15 Å². The molecule has 0 atom stereocenters. The molecular formula is C27H35ClN8O5P+. The molecule has 1 aromatic carbocycles. The van der Waals surface area contributed by atoms with Crippen LogP contribution in [-0.4, -0.2) is 57.9 Å². The number of anilines is 2. The van der Waals surface area contributed by atoms with E-state index in [9.17, 15) is 14.2 Å². The number of amides is 1. The lowest BCUT2D eigenvalue weighted by Gasteiger charge is -2.10. The van der Waals surface area contributed by atoms with Gasteiger partial charge in [0.05, 0.1) is 19.8 Å². The van der Waals surface area contributed by atoms with Crippen molar-refractivity contribution in [2.75, 3.05) is 44.4 Å². The second-order valence-corrected chi connectivity index (χ2v) is 13.7. The van der Waals surface area contributed by atoms with Gasteiger partial charge in [-0.3, -0.25) is 9.59 Å². The molecule has 3 aromatic heterocycles. The van der Waals surface area contributed by atoms with Gasteiger partial charge in [0.25, 0.3) is 17.3 Å². The van der Waals surface area contributed by atoms with Gasteiger partial charge >= 0.3 is 0 Å². The zero-order valence-corrected chi connectivity index (χ0v) is 25.4. The Morgan fingerprint density at radius 2 is 1.88 bits per heavy atom. The number of nitrogens with zero attached hydrogens (tertiary/aromatic N) is 5. The molecular weight excluding hydrogens is 583 g/mol. The second-order valence-electron chi connectivity index (χ2n) is 9.97. The zero-order chi connectivity index (χ0) is 30.4. The van der Waals surface area contributed by atoms with Crippen LogP contribution in [0.4, 0.5) is 11.6 Å². The molecule has 15 heteroatoms. The van der Waals surface area contributed by atoms with Crippen molar-refractivity contribution in [2.45, 2.75) is 33.1 Å². The Bertz CT molecular complexity index is 1700. The van der Waals surface area contributed by atoms with Gasteiger partial charge in [-0.2, -0.15) is 0 Å². The number of fused-ring (bicyclic) bond motifs is 1. The Balaban J connectivity index is 1.60. The number of hydrogen-bond donors (Lipinski definition) is 3. The third kappa shape index (κ3) is 7.47. The number of aryl methyl sites for hydroxylation is 1. The number of halogens is 1. The molecule has 1 amide bonds. The molecule has 4 rings (SSSR count). The first-order valence-electron chi connectivity index (χ1n) is 13.3. The summed E-state index contributed by atoms with van der Waals surface area (Å²) in [5.74, 6) is 0.609. The average molecular weight is 618 g/mol. The highest BCUT2D eigenvalue weighted by molar-refractivity contribution is 7.62. The first kappa shape index (κ1) is 31.0. The summed E-state index contributed by atoms with van der Waals surface area (Å²) in [5.41, 5.74) is 13.1. The van der Waals surface area contributed by atoms with E-state index in [0.717, 1.165) is 16.9 Å². The summed E-state index contributed by atoms with van der Waals surface area (Å²) < 4.78 is 29.6. The molecule has 0 aliphatic carbocycles. The predicted molar refractivity (Wildman–Crippen MR) is 161 cm³/mol. The first-order valence-corrected chi connectivity index (χ1v) is 16.5. The molecule has 0 bridgehead atoms. The summed E-state index contributed by atoms with van der Waals surface area (Å²) >= 11 is 5.97. The maximum Gasteiger partial charge on any atom is 0.277 e. The van der Waals surface area contributed by atoms with Crippen molar-refractivity contribution in [3.05, 3.63) is 69.6 Å². The van der Waals surface area contributed by atoms with Gasteiger partial charge in [0, 0.05) is 24.9 Å². The van der Waals surface area contributed by atoms with E-state index in [2.05, 4.69) is 19.9 Å². The number of imidazole rings is 1. The number of nitrogens with one attached hydrogen (secondary N) is 1. The van der Waals surface area contributed by atoms with Crippen molar-refractivity contribution in [3.8, 4) is 5.75 Å². The smallest absolute Gasteiger partial charge is 0.277 e. The van der Waals surface area contributed by atoms with Gasteiger partial charge in [-0.15, -0.1) is 0 Å². The minimum atomic E-state index is -2.39. The number of carbonyl (C=O) groups excluding carboxylic acids is 1. The molecule has 13 nitrogen and oxygen atoms in total. The molecule has 5 N–H and O–H groups in total. The van der Waals surface area contributed by atoms with Crippen LogP contribution in [0.3, 0.4) is 0 Å². The summed E-state index contributed by atoms with van der Waals surface area (Å²) in [4.78, 5) is 32.9. The highest BCUT2D eigenvalue weighted by Crippen LogP contribution is 2.36. The van der Waals surface area contributed by atoms with Crippen LogP contribution in [0.25, 0.3) is 11.0 Å². The number of ether oxygens (including phenoxy) is 2. The molecule has 224 valence electrons. The van der Waals surface area contributed by atoms with E-state index in [1.807, 2.05) is 29.7 Å². The summed E-state index contributed by atoms with van der Waals surface area (Å²) in [6.07, 6.45) is 1.83. The summed E-state index contributed by atoms with van der Waals surface area (Å²) in [5, 5.41) is 2.75. The monoisotopic (exact) mass is 617 g/mol. The van der Waals surface area contributed by atoms with Crippen LogP contribution < -0.4 is 31.6 Å². The van der Waals surface area contributed by atoms with Gasteiger partial charge in [-0.05, 0) is 38.5 Å². The number of pyridine rings is 1. The lowest BCUT2D eigenvalue weighted by Crippen LogP contribution is -2.40. The molecule has 0 unspecified atom stereocenters. The van der Waals surface area contributed by atoms with Gasteiger partial charge in [-0.1, -0.05) is 17.7 Å². The largest absolute Gasteiger partial charge is 0.486 e. The molecule has 0 saturated carbocycles. The van der Waals surface area contributed by atoms with Crippen molar-refractivity contribution in [3.63, 3.8) is 0 Å². The zero-order valence-electron chi connectivity index (χ0n) is 23.7. The molecule has 0 aliphatic rings. The third-order valence-electron chi connectivity index (χ3n) is 6.37. The topological polar surface area (TPSA) is 173 Å². The molecule has 0 radical (unpaired) electrons. The SMILES string of the molecule is CC[n+]1c(CNC(=O)c2nc(Cl)c(N)nc2N)n(CCOCCn2ccccc2=O)c2cc(OCP(C)(C)=O)ccc21. The normalized spacial score (nSPS) is 11.6. The Morgan fingerprint density at radius 1 is 1.12 bits per heavy atom. The Hall–Kier alpha value is -3.93. The molecule has 0 fully saturated rings. The van der Waals surface area contributed by atoms with E-state index in [0.29, 0.717) is 38.6 Å². The predicted octanol–water partition coefficient (Wildman–Crippen LogP) is 2.32. The maximum absolute atomic E-state index is 13.0. The highest BCUT2D eigenvalue weighted by Gasteiger charge is 2.26. The van der Waals surface area contributed by atoms with Gasteiger partial charge in [0.1, 0.15) is 32.3 Å². The number of rotatable bonds is 13. The summed E-state index contributed by atoms with van der Waals surface area (Å²) in [7, 11) is -2.39. The van der Waals surface area contributed by atoms with Crippen molar-refractivity contribution in [2.24, 2.45) is 0 Å². The van der Waals surface area contributed by atoms with Crippen LogP contribution in [0.5, 0.6) is 5.75 Å². The standard InChI is InChI=1S/C27H34ClN8O5P/c1-4-35-19-9-8-18(41-17-42(2,3)39)15-20(19)36(12-14-40-13-11-34-10-6-5-7-22(34)37)21(35)16-31-27(38)23-25(29)33-26(30)24(28)32-23/h5-10,15H,4,11-14,16-17H2,1-3H3,(H4-,29,30,31,33,38)/p+1. The number of nitrogens with two attached hydrogens (primary N) is 2. The quantitative estimate of drug-likeness (QED) is 0.116. The Kier molecular flexibility index (Phi) is 9.87. The second kappa shape index (κ2) is 13.4. The number of hydrogen-bond acceptors (Lipinski definition) is 9. The molecule has 3 heterocycles. The minimum absolute atomic E-state index is 0.0627. The first-order chi connectivity index (χ1) is 20.0. The third-order valence-corrected chi connectivity index (χ3v) is 7.40. The average Bonchev–Trinajstić information content (AvgIpc) is 3.24. The fourth-order valence-corrected chi connectivity index (χ4v) is 4.99. The lowest BCUT2D eigenvalue weighted by molar-refractivity contribution is -0.676. The van der Waals surface area contributed by atoms with E-state index >= 15 is 0 Å². The number of carbonyl (C=O) groups is 1. The van der Waals surface area contributed by atoms with E-state index in [4.69, 9.17) is 32.5 Å². The van der Waals surface area contributed by atoms with Gasteiger partial charge < -0.3 is 35.4 Å². The minimum Gasteiger partial charge on any atom is -0.486 e. The van der Waals surface area contributed by atoms with E-state index in [-0.39, 0.29) is 40.9 Å². The molecule has 4 aromatic rings. The fourth-order valence-electron chi connectivity index (χ4n) is 4.40. The summed E-state index contributed by atoms with van der Waals surface area (Å²) in [6.45, 7) is 7.63. The van der Waals surface area contributed by atoms with Gasteiger partial charge in [0.2, 0.25) is 0 Å². The number of benzene rings is 1. The van der Waals surface area contributed by atoms with Crippen LogP contribution in [0, 0.1) is 0 Å².